The summed E-state index contributed by atoms with van der Waals surface area (Å²) in [4.78, 5) is 19.7. The van der Waals surface area contributed by atoms with E-state index < -0.39 is 0 Å². The Morgan fingerprint density at radius 2 is 1.88 bits per heavy atom. The molecule has 4 nitrogen and oxygen atoms in total. The average Bonchev–Trinajstić information content (AvgIpc) is 3.27. The van der Waals surface area contributed by atoms with Crippen LogP contribution in [0.4, 0.5) is 0 Å². The normalized spacial score (nSPS) is 26.0. The van der Waals surface area contributed by atoms with Crippen LogP contribution in [-0.2, 0) is 4.79 Å². The Bertz CT molecular complexity index is 1030. The lowest BCUT2D eigenvalue weighted by molar-refractivity contribution is -0.135. The maximum Gasteiger partial charge on any atom is 0.225 e. The lowest BCUT2D eigenvalue weighted by Gasteiger charge is -2.29. The van der Waals surface area contributed by atoms with Gasteiger partial charge in [-0.2, -0.15) is 0 Å². The molecule has 2 heterocycles. The second-order valence-electron chi connectivity index (χ2n) is 9.04. The van der Waals surface area contributed by atoms with Gasteiger partial charge in [0, 0.05) is 49.0 Å². The van der Waals surface area contributed by atoms with Gasteiger partial charge in [-0.3, -0.25) is 4.79 Å². The number of amides is 1. The van der Waals surface area contributed by atoms with Gasteiger partial charge in [0.15, 0.2) is 0 Å². The third kappa shape index (κ3) is 5.60. The first-order chi connectivity index (χ1) is 15.9. The average molecular weight is 506 g/mol. The van der Waals surface area contributed by atoms with Gasteiger partial charge in [0.25, 0.3) is 0 Å². The summed E-state index contributed by atoms with van der Waals surface area (Å²) < 4.78 is 6.17. The molecule has 2 fully saturated rings. The highest BCUT2D eigenvalue weighted by Crippen LogP contribution is 2.40. The maximum absolute atomic E-state index is 13.4. The predicted molar refractivity (Wildman–Crippen MR) is 133 cm³/mol. The SMILES string of the molecule is C#CC1CCC(C(=O)N2CC(c3ccc(Cl)c(Cl)c3)C(C(C)Oc3ccc(Cl)cn3)C2)CC1. The summed E-state index contributed by atoms with van der Waals surface area (Å²) in [6, 6.07) is 9.22. The largest absolute Gasteiger partial charge is 0.474 e. The molecular formula is C26H27Cl3N2O2. The second kappa shape index (κ2) is 10.6. The highest BCUT2D eigenvalue weighted by atomic mass is 35.5. The van der Waals surface area contributed by atoms with Gasteiger partial charge >= 0.3 is 0 Å². The molecule has 1 saturated heterocycles. The van der Waals surface area contributed by atoms with E-state index in [1.54, 1.807) is 18.3 Å². The number of aromatic nitrogens is 1. The van der Waals surface area contributed by atoms with E-state index in [2.05, 4.69) is 10.9 Å². The standard InChI is InChI=1S/C26H27Cl3N2O2/c1-3-17-4-6-18(7-5-17)26(32)31-14-21(16(2)33-25-11-9-20(27)13-30-25)22(15-31)19-8-10-23(28)24(29)12-19/h1,8-13,16-18,21-22H,4-7,14-15H2,2H3. The molecule has 3 atom stereocenters. The van der Waals surface area contributed by atoms with Crippen LogP contribution in [0.5, 0.6) is 5.88 Å². The minimum atomic E-state index is -0.173. The molecule has 1 aliphatic carbocycles. The molecule has 174 valence electrons. The highest BCUT2D eigenvalue weighted by Gasteiger charge is 2.42. The number of carbonyl (C=O) groups excluding carboxylic acids is 1. The van der Waals surface area contributed by atoms with Crippen LogP contribution in [0.25, 0.3) is 0 Å². The van der Waals surface area contributed by atoms with Crippen LogP contribution in [0.2, 0.25) is 15.1 Å². The van der Waals surface area contributed by atoms with Crippen molar-refractivity contribution in [1.29, 1.82) is 0 Å². The van der Waals surface area contributed by atoms with Gasteiger partial charge in [-0.15, -0.1) is 12.3 Å². The highest BCUT2D eigenvalue weighted by molar-refractivity contribution is 6.42. The second-order valence-corrected chi connectivity index (χ2v) is 10.3. The molecule has 1 aromatic carbocycles. The molecule has 4 rings (SSSR count). The van der Waals surface area contributed by atoms with Gasteiger partial charge in [-0.25, -0.2) is 4.98 Å². The Morgan fingerprint density at radius 3 is 2.52 bits per heavy atom. The fourth-order valence-corrected chi connectivity index (χ4v) is 5.47. The van der Waals surface area contributed by atoms with Crippen molar-refractivity contribution in [2.45, 2.75) is 44.6 Å². The van der Waals surface area contributed by atoms with Crippen LogP contribution in [0, 0.1) is 30.1 Å². The summed E-state index contributed by atoms with van der Waals surface area (Å²) in [6.45, 7) is 3.27. The number of pyridine rings is 1. The van der Waals surface area contributed by atoms with E-state index in [0.29, 0.717) is 40.0 Å². The first-order valence-corrected chi connectivity index (χ1v) is 12.5. The van der Waals surface area contributed by atoms with Gasteiger partial charge in [-0.1, -0.05) is 40.9 Å². The van der Waals surface area contributed by atoms with Crippen LogP contribution < -0.4 is 4.74 Å². The van der Waals surface area contributed by atoms with E-state index in [4.69, 9.17) is 46.0 Å². The Labute approximate surface area is 210 Å². The fraction of sp³-hybridized carbons (Fsp3) is 0.462. The number of nitrogens with zero attached hydrogens (tertiary/aromatic N) is 2. The zero-order valence-electron chi connectivity index (χ0n) is 18.5. The van der Waals surface area contributed by atoms with Crippen molar-refractivity contribution in [2.75, 3.05) is 13.1 Å². The zero-order valence-corrected chi connectivity index (χ0v) is 20.8. The minimum Gasteiger partial charge on any atom is -0.474 e. The number of benzene rings is 1. The van der Waals surface area contributed by atoms with Crippen molar-refractivity contribution >= 4 is 40.7 Å². The van der Waals surface area contributed by atoms with Crippen LogP contribution in [0.1, 0.15) is 44.1 Å². The van der Waals surface area contributed by atoms with Crippen molar-refractivity contribution in [2.24, 2.45) is 17.8 Å². The Balaban J connectivity index is 1.54. The third-order valence-corrected chi connectivity index (χ3v) is 7.93. The van der Waals surface area contributed by atoms with E-state index in [1.807, 2.05) is 30.0 Å². The number of terminal acetylenes is 1. The lowest BCUT2D eigenvalue weighted by atomic mass is 9.82. The summed E-state index contributed by atoms with van der Waals surface area (Å²) in [6.07, 6.45) is 10.5. The molecule has 1 aliphatic heterocycles. The Morgan fingerprint density at radius 1 is 1.12 bits per heavy atom. The fourth-order valence-electron chi connectivity index (χ4n) is 5.06. The van der Waals surface area contributed by atoms with E-state index in [0.717, 1.165) is 31.2 Å². The number of likely N-dealkylation sites (tertiary alicyclic amines) is 1. The molecule has 7 heteroatoms. The van der Waals surface area contributed by atoms with Crippen molar-refractivity contribution in [3.05, 3.63) is 57.2 Å². The summed E-state index contributed by atoms with van der Waals surface area (Å²) in [5.41, 5.74) is 1.06. The number of hydrogen-bond donors (Lipinski definition) is 0. The van der Waals surface area contributed by atoms with Gasteiger partial charge in [0.1, 0.15) is 6.10 Å². The summed E-state index contributed by atoms with van der Waals surface area (Å²) in [5.74, 6) is 4.06. The first kappa shape index (κ1) is 24.2. The summed E-state index contributed by atoms with van der Waals surface area (Å²) in [5, 5.41) is 1.59. The quantitative estimate of drug-likeness (QED) is 0.436. The van der Waals surface area contributed by atoms with Crippen LogP contribution in [0.3, 0.4) is 0 Å². The van der Waals surface area contributed by atoms with Gasteiger partial charge in [0.2, 0.25) is 11.8 Å². The molecule has 33 heavy (non-hydrogen) atoms. The smallest absolute Gasteiger partial charge is 0.225 e. The Hall–Kier alpha value is -1.93. The number of rotatable bonds is 5. The number of ether oxygens (including phenoxy) is 1. The van der Waals surface area contributed by atoms with Crippen molar-refractivity contribution in [3.63, 3.8) is 0 Å². The van der Waals surface area contributed by atoms with E-state index in [9.17, 15) is 4.79 Å². The molecular weight excluding hydrogens is 479 g/mol. The molecule has 0 bridgehead atoms. The molecule has 0 spiro atoms. The molecule has 1 saturated carbocycles. The monoisotopic (exact) mass is 504 g/mol. The van der Waals surface area contributed by atoms with Crippen LogP contribution >= 0.6 is 34.8 Å². The van der Waals surface area contributed by atoms with Crippen molar-refractivity contribution < 1.29 is 9.53 Å². The van der Waals surface area contributed by atoms with E-state index in [-0.39, 0.29) is 29.8 Å². The first-order valence-electron chi connectivity index (χ1n) is 11.3. The lowest BCUT2D eigenvalue weighted by Crippen LogP contribution is -2.37. The Kier molecular flexibility index (Phi) is 7.74. The van der Waals surface area contributed by atoms with Crippen LogP contribution in [0.15, 0.2) is 36.5 Å². The van der Waals surface area contributed by atoms with Crippen molar-refractivity contribution in [1.82, 2.24) is 9.88 Å². The molecule has 0 radical (unpaired) electrons. The molecule has 0 N–H and O–H groups in total. The van der Waals surface area contributed by atoms with Gasteiger partial charge in [-0.05, 0) is 56.4 Å². The topological polar surface area (TPSA) is 42.4 Å². The maximum atomic E-state index is 13.4. The summed E-state index contributed by atoms with van der Waals surface area (Å²) in [7, 11) is 0. The molecule has 2 aromatic rings. The number of hydrogen-bond acceptors (Lipinski definition) is 3. The molecule has 2 aliphatic rings. The number of carbonyl (C=O) groups is 1. The van der Waals surface area contributed by atoms with Gasteiger partial charge in [0.05, 0.1) is 15.1 Å². The molecule has 3 unspecified atom stereocenters. The third-order valence-electron chi connectivity index (χ3n) is 6.97. The molecule has 1 aromatic heterocycles. The van der Waals surface area contributed by atoms with E-state index in [1.165, 1.54) is 0 Å². The van der Waals surface area contributed by atoms with Crippen LogP contribution in [-0.4, -0.2) is 35.0 Å². The summed E-state index contributed by atoms with van der Waals surface area (Å²) >= 11 is 18.4. The minimum absolute atomic E-state index is 0.0389. The zero-order chi connectivity index (χ0) is 23.5. The predicted octanol–water partition coefficient (Wildman–Crippen LogP) is 6.49. The van der Waals surface area contributed by atoms with E-state index >= 15 is 0 Å². The van der Waals surface area contributed by atoms with Gasteiger partial charge < -0.3 is 9.64 Å². The van der Waals surface area contributed by atoms with Crippen molar-refractivity contribution in [3.8, 4) is 18.2 Å². The molecule has 1 amide bonds. The number of halogens is 3.